The molecule has 0 aliphatic rings. The van der Waals surface area contributed by atoms with Gasteiger partial charge in [-0.05, 0) is 30.7 Å². The summed E-state index contributed by atoms with van der Waals surface area (Å²) in [6.07, 6.45) is 1.36. The van der Waals surface area contributed by atoms with Gasteiger partial charge in [0.1, 0.15) is 17.9 Å². The minimum absolute atomic E-state index is 0.373. The lowest BCUT2D eigenvalue weighted by atomic mass is 10.2. The molecule has 0 aliphatic heterocycles. The largest absolute Gasteiger partial charge is 0.439 e. The SMILES string of the molecule is Cc1cc(N)ccc1Oc1cc(N)ncn1. The number of aromatic nitrogens is 2. The fourth-order valence-corrected chi connectivity index (χ4v) is 1.31. The van der Waals surface area contributed by atoms with Gasteiger partial charge >= 0.3 is 0 Å². The highest BCUT2D eigenvalue weighted by Crippen LogP contribution is 2.25. The van der Waals surface area contributed by atoms with E-state index in [1.54, 1.807) is 18.2 Å². The highest BCUT2D eigenvalue weighted by Gasteiger charge is 2.03. The third kappa shape index (κ3) is 2.20. The maximum atomic E-state index is 5.64. The molecular weight excluding hydrogens is 204 g/mol. The zero-order valence-electron chi connectivity index (χ0n) is 8.84. The molecule has 5 heteroatoms. The van der Waals surface area contributed by atoms with Gasteiger partial charge in [0, 0.05) is 11.8 Å². The number of ether oxygens (including phenoxy) is 1. The smallest absolute Gasteiger partial charge is 0.224 e. The number of nitrogen functional groups attached to an aromatic ring is 2. The van der Waals surface area contributed by atoms with E-state index < -0.39 is 0 Å². The van der Waals surface area contributed by atoms with E-state index >= 15 is 0 Å². The van der Waals surface area contributed by atoms with Gasteiger partial charge in [0.2, 0.25) is 5.88 Å². The molecule has 16 heavy (non-hydrogen) atoms. The van der Waals surface area contributed by atoms with Crippen molar-refractivity contribution in [3.63, 3.8) is 0 Å². The van der Waals surface area contributed by atoms with E-state index in [0.29, 0.717) is 23.1 Å². The lowest BCUT2D eigenvalue weighted by Crippen LogP contribution is -1.95. The Labute approximate surface area is 93.1 Å². The predicted octanol–water partition coefficient (Wildman–Crippen LogP) is 1.74. The van der Waals surface area contributed by atoms with Crippen molar-refractivity contribution in [2.45, 2.75) is 6.92 Å². The van der Waals surface area contributed by atoms with Gasteiger partial charge in [-0.1, -0.05) is 0 Å². The molecule has 1 aromatic carbocycles. The normalized spacial score (nSPS) is 10.1. The van der Waals surface area contributed by atoms with E-state index in [-0.39, 0.29) is 0 Å². The predicted molar refractivity (Wildman–Crippen MR) is 62.1 cm³/mol. The van der Waals surface area contributed by atoms with Crippen LogP contribution in [0.3, 0.4) is 0 Å². The average molecular weight is 216 g/mol. The number of hydrogen-bond donors (Lipinski definition) is 2. The second-order valence-corrected chi connectivity index (χ2v) is 3.41. The van der Waals surface area contributed by atoms with E-state index in [2.05, 4.69) is 9.97 Å². The van der Waals surface area contributed by atoms with Gasteiger partial charge in [0.05, 0.1) is 0 Å². The zero-order valence-corrected chi connectivity index (χ0v) is 8.84. The van der Waals surface area contributed by atoms with Crippen molar-refractivity contribution in [1.82, 2.24) is 9.97 Å². The Morgan fingerprint density at radius 1 is 1.12 bits per heavy atom. The molecule has 0 bridgehead atoms. The first-order valence-electron chi connectivity index (χ1n) is 4.76. The van der Waals surface area contributed by atoms with Crippen LogP contribution in [0.2, 0.25) is 0 Å². The lowest BCUT2D eigenvalue weighted by molar-refractivity contribution is 0.458. The second kappa shape index (κ2) is 4.06. The number of benzene rings is 1. The molecular formula is C11H12N4O. The molecule has 4 N–H and O–H groups in total. The maximum absolute atomic E-state index is 5.64. The maximum Gasteiger partial charge on any atom is 0.224 e. The van der Waals surface area contributed by atoms with Crippen LogP contribution in [0.4, 0.5) is 11.5 Å². The standard InChI is InChI=1S/C11H12N4O/c1-7-4-8(12)2-3-9(7)16-11-5-10(13)14-6-15-11/h2-6H,12H2,1H3,(H2,13,14,15). The van der Waals surface area contributed by atoms with Crippen LogP contribution in [0.15, 0.2) is 30.6 Å². The Balaban J connectivity index is 2.27. The molecule has 1 heterocycles. The van der Waals surface area contributed by atoms with Crippen LogP contribution < -0.4 is 16.2 Å². The molecule has 0 aliphatic carbocycles. The van der Waals surface area contributed by atoms with Gasteiger partial charge in [-0.2, -0.15) is 0 Å². The fraction of sp³-hybridized carbons (Fsp3) is 0.0909. The van der Waals surface area contributed by atoms with Crippen molar-refractivity contribution < 1.29 is 4.74 Å². The summed E-state index contributed by atoms with van der Waals surface area (Å²) in [7, 11) is 0. The summed E-state index contributed by atoms with van der Waals surface area (Å²) < 4.78 is 5.56. The summed E-state index contributed by atoms with van der Waals surface area (Å²) in [5, 5.41) is 0. The minimum atomic E-state index is 0.373. The van der Waals surface area contributed by atoms with Crippen LogP contribution in [0.5, 0.6) is 11.6 Å². The molecule has 2 aromatic rings. The Hall–Kier alpha value is -2.30. The first-order valence-corrected chi connectivity index (χ1v) is 4.76. The van der Waals surface area contributed by atoms with Gasteiger partial charge in [-0.25, -0.2) is 9.97 Å². The van der Waals surface area contributed by atoms with Crippen LogP contribution in [-0.2, 0) is 0 Å². The third-order valence-corrected chi connectivity index (χ3v) is 2.08. The average Bonchev–Trinajstić information content (AvgIpc) is 2.22. The molecule has 82 valence electrons. The molecule has 0 saturated heterocycles. The summed E-state index contributed by atoms with van der Waals surface area (Å²) >= 11 is 0. The van der Waals surface area contributed by atoms with Crippen molar-refractivity contribution in [2.75, 3.05) is 11.5 Å². The number of hydrogen-bond acceptors (Lipinski definition) is 5. The quantitative estimate of drug-likeness (QED) is 0.746. The number of rotatable bonds is 2. The Bertz CT molecular complexity index is 513. The minimum Gasteiger partial charge on any atom is -0.439 e. The Morgan fingerprint density at radius 3 is 2.62 bits per heavy atom. The molecule has 0 spiro atoms. The topological polar surface area (TPSA) is 87.0 Å². The number of nitrogens with zero attached hydrogens (tertiary/aromatic N) is 2. The van der Waals surface area contributed by atoms with E-state index in [1.807, 2.05) is 13.0 Å². The first kappa shape index (κ1) is 10.2. The van der Waals surface area contributed by atoms with Crippen molar-refractivity contribution >= 4 is 11.5 Å². The van der Waals surface area contributed by atoms with Crippen molar-refractivity contribution in [1.29, 1.82) is 0 Å². The van der Waals surface area contributed by atoms with Gasteiger partial charge in [0.15, 0.2) is 0 Å². The van der Waals surface area contributed by atoms with Crippen molar-refractivity contribution in [3.8, 4) is 11.6 Å². The van der Waals surface area contributed by atoms with Crippen LogP contribution >= 0.6 is 0 Å². The van der Waals surface area contributed by atoms with Crippen LogP contribution in [-0.4, -0.2) is 9.97 Å². The molecule has 0 radical (unpaired) electrons. The van der Waals surface area contributed by atoms with E-state index in [0.717, 1.165) is 5.56 Å². The highest BCUT2D eigenvalue weighted by molar-refractivity contribution is 5.48. The van der Waals surface area contributed by atoms with Crippen LogP contribution in [0.1, 0.15) is 5.56 Å². The summed E-state index contributed by atoms with van der Waals surface area (Å²) in [5.41, 5.74) is 12.8. The molecule has 0 saturated carbocycles. The molecule has 5 nitrogen and oxygen atoms in total. The highest BCUT2D eigenvalue weighted by atomic mass is 16.5. The first-order chi connectivity index (χ1) is 7.65. The molecule has 0 atom stereocenters. The number of aryl methyl sites for hydroxylation is 1. The molecule has 1 aromatic heterocycles. The third-order valence-electron chi connectivity index (χ3n) is 2.08. The van der Waals surface area contributed by atoms with Gasteiger partial charge in [0.25, 0.3) is 0 Å². The van der Waals surface area contributed by atoms with Gasteiger partial charge in [-0.15, -0.1) is 0 Å². The Kier molecular flexibility index (Phi) is 2.59. The summed E-state index contributed by atoms with van der Waals surface area (Å²) in [5.74, 6) is 1.49. The molecule has 0 amide bonds. The summed E-state index contributed by atoms with van der Waals surface area (Å²) in [6.45, 7) is 1.91. The van der Waals surface area contributed by atoms with Crippen molar-refractivity contribution in [2.24, 2.45) is 0 Å². The lowest BCUT2D eigenvalue weighted by Gasteiger charge is -2.08. The Morgan fingerprint density at radius 2 is 1.94 bits per heavy atom. The zero-order chi connectivity index (χ0) is 11.5. The van der Waals surface area contributed by atoms with E-state index in [9.17, 15) is 0 Å². The van der Waals surface area contributed by atoms with Gasteiger partial charge in [-0.3, -0.25) is 0 Å². The van der Waals surface area contributed by atoms with Crippen LogP contribution in [0, 0.1) is 6.92 Å². The van der Waals surface area contributed by atoms with E-state index in [4.69, 9.17) is 16.2 Å². The molecule has 0 fully saturated rings. The number of nitrogens with two attached hydrogens (primary N) is 2. The monoisotopic (exact) mass is 216 g/mol. The van der Waals surface area contributed by atoms with E-state index in [1.165, 1.54) is 6.33 Å². The number of anilines is 2. The fourth-order valence-electron chi connectivity index (χ4n) is 1.31. The van der Waals surface area contributed by atoms with Crippen LogP contribution in [0.25, 0.3) is 0 Å². The molecule has 0 unspecified atom stereocenters. The van der Waals surface area contributed by atoms with Crippen molar-refractivity contribution in [3.05, 3.63) is 36.2 Å². The second-order valence-electron chi connectivity index (χ2n) is 3.41. The summed E-state index contributed by atoms with van der Waals surface area (Å²) in [6, 6.07) is 6.96. The van der Waals surface area contributed by atoms with Gasteiger partial charge < -0.3 is 16.2 Å². The molecule has 2 rings (SSSR count). The summed E-state index contributed by atoms with van der Waals surface area (Å²) in [4.78, 5) is 7.74.